The number of fused-ring (bicyclic) bond motifs is 1. The fourth-order valence-corrected chi connectivity index (χ4v) is 3.33. The van der Waals surface area contributed by atoms with E-state index in [1.807, 2.05) is 19.1 Å². The third-order valence-electron chi connectivity index (χ3n) is 5.16. The molecule has 34 heavy (non-hydrogen) atoms. The van der Waals surface area contributed by atoms with E-state index in [9.17, 15) is 9.18 Å². The largest absolute Gasteiger partial charge is 0.487 e. The Balaban J connectivity index is 1.28. The smallest absolute Gasteiger partial charge is 0.258 e. The quantitative estimate of drug-likeness (QED) is 0.386. The lowest BCUT2D eigenvalue weighted by Gasteiger charge is -2.10. The zero-order valence-electron chi connectivity index (χ0n) is 18.1. The Morgan fingerprint density at radius 3 is 2.68 bits per heavy atom. The molecule has 0 unspecified atom stereocenters. The number of hydrogen-bond acceptors (Lipinski definition) is 6. The van der Waals surface area contributed by atoms with Crippen LogP contribution in [0, 0.1) is 12.7 Å². The van der Waals surface area contributed by atoms with E-state index in [2.05, 4.69) is 30.7 Å². The number of hydrogen-bond donors (Lipinski definition) is 2. The summed E-state index contributed by atoms with van der Waals surface area (Å²) >= 11 is 0. The molecule has 0 saturated carbocycles. The minimum atomic E-state index is -0.630. The van der Waals surface area contributed by atoms with Gasteiger partial charge in [0, 0.05) is 17.4 Å². The van der Waals surface area contributed by atoms with Gasteiger partial charge in [0.05, 0.1) is 17.0 Å². The van der Waals surface area contributed by atoms with Gasteiger partial charge in [0.15, 0.2) is 0 Å². The van der Waals surface area contributed by atoms with Crippen LogP contribution in [0.3, 0.4) is 0 Å². The Labute approximate surface area is 193 Å². The van der Waals surface area contributed by atoms with Crippen LogP contribution < -0.4 is 10.1 Å². The van der Waals surface area contributed by atoms with Crippen LogP contribution in [0.5, 0.6) is 5.75 Å². The zero-order chi connectivity index (χ0) is 23.5. The number of pyridine rings is 2. The summed E-state index contributed by atoms with van der Waals surface area (Å²) in [5.74, 6) is -0.573. The molecule has 0 radical (unpaired) electrons. The van der Waals surface area contributed by atoms with E-state index in [-0.39, 0.29) is 5.56 Å². The maximum atomic E-state index is 14.5. The fraction of sp³-hybridized carbons (Fsp3) is 0.0800. The molecule has 3 aromatic heterocycles. The number of halogens is 1. The Hall–Kier alpha value is -4.66. The molecule has 168 valence electrons. The number of aryl methyl sites for hydroxylation is 1. The number of aromatic amines is 1. The van der Waals surface area contributed by atoms with Gasteiger partial charge in [-0.2, -0.15) is 10.3 Å². The van der Waals surface area contributed by atoms with Crippen LogP contribution in [-0.2, 0) is 6.61 Å². The predicted octanol–water partition coefficient (Wildman–Crippen LogP) is 4.69. The summed E-state index contributed by atoms with van der Waals surface area (Å²) in [5, 5.41) is 13.1. The number of benzene rings is 2. The van der Waals surface area contributed by atoms with Gasteiger partial charge in [-0.15, -0.1) is 5.10 Å². The second-order valence-corrected chi connectivity index (χ2v) is 7.65. The SMILES string of the molecule is Cc1ccc(COc2ccc(NC(=O)c3cc(-c4ccc5n[nH]nc5n4)ccc3F)cc2)nc1. The van der Waals surface area contributed by atoms with Crippen molar-refractivity contribution >= 4 is 22.8 Å². The molecular formula is C25H19FN6O2. The van der Waals surface area contributed by atoms with E-state index < -0.39 is 11.7 Å². The minimum Gasteiger partial charge on any atom is -0.487 e. The maximum Gasteiger partial charge on any atom is 0.258 e. The molecule has 2 N–H and O–H groups in total. The van der Waals surface area contributed by atoms with Crippen LogP contribution in [0.15, 0.2) is 72.9 Å². The van der Waals surface area contributed by atoms with Gasteiger partial charge < -0.3 is 10.1 Å². The van der Waals surface area contributed by atoms with E-state index in [1.54, 1.807) is 48.7 Å². The van der Waals surface area contributed by atoms with Crippen LogP contribution >= 0.6 is 0 Å². The normalized spacial score (nSPS) is 10.9. The number of ether oxygens (including phenoxy) is 1. The van der Waals surface area contributed by atoms with Crippen LogP contribution in [0.25, 0.3) is 22.4 Å². The third-order valence-corrected chi connectivity index (χ3v) is 5.16. The molecule has 0 atom stereocenters. The molecule has 0 fully saturated rings. The number of H-pyrrole nitrogens is 1. The topological polar surface area (TPSA) is 106 Å². The summed E-state index contributed by atoms with van der Waals surface area (Å²) in [6, 6.07) is 18.5. The average Bonchev–Trinajstić information content (AvgIpc) is 3.33. The van der Waals surface area contributed by atoms with E-state index in [1.165, 1.54) is 12.1 Å². The van der Waals surface area contributed by atoms with Crippen molar-refractivity contribution in [1.29, 1.82) is 0 Å². The third kappa shape index (κ3) is 4.58. The Morgan fingerprint density at radius 1 is 1.03 bits per heavy atom. The van der Waals surface area contributed by atoms with E-state index in [0.29, 0.717) is 40.5 Å². The van der Waals surface area contributed by atoms with E-state index in [0.717, 1.165) is 11.3 Å². The molecule has 5 aromatic rings. The number of amides is 1. The molecule has 2 aromatic carbocycles. The number of nitrogens with zero attached hydrogens (tertiary/aromatic N) is 4. The first-order valence-corrected chi connectivity index (χ1v) is 10.5. The zero-order valence-corrected chi connectivity index (χ0v) is 18.1. The van der Waals surface area contributed by atoms with E-state index >= 15 is 0 Å². The van der Waals surface area contributed by atoms with Gasteiger partial charge in [0.25, 0.3) is 5.91 Å². The number of carbonyl (C=O) groups excluding carboxylic acids is 1. The van der Waals surface area contributed by atoms with Gasteiger partial charge in [-0.25, -0.2) is 9.37 Å². The monoisotopic (exact) mass is 454 g/mol. The van der Waals surface area contributed by atoms with Crippen LogP contribution in [0.2, 0.25) is 0 Å². The van der Waals surface area contributed by atoms with Crippen LogP contribution in [-0.4, -0.2) is 31.3 Å². The number of aromatic nitrogens is 5. The molecule has 0 bridgehead atoms. The standard InChI is InChI=1S/C25H19FN6O2/c1-15-2-4-18(27-13-15)14-34-19-7-5-17(6-8-19)28-25(33)20-12-16(3-9-21(20)26)22-10-11-23-24(29-22)31-32-30-23/h2-13H,14H2,1H3,(H,28,33)(H,29,30,31,32). The number of anilines is 1. The second-order valence-electron chi connectivity index (χ2n) is 7.65. The molecule has 9 heteroatoms. The lowest BCUT2D eigenvalue weighted by Crippen LogP contribution is -2.14. The maximum absolute atomic E-state index is 14.5. The highest BCUT2D eigenvalue weighted by molar-refractivity contribution is 6.05. The highest BCUT2D eigenvalue weighted by atomic mass is 19.1. The van der Waals surface area contributed by atoms with Gasteiger partial charge in [-0.05, 0) is 73.2 Å². The molecule has 0 aliphatic carbocycles. The summed E-state index contributed by atoms with van der Waals surface area (Å²) < 4.78 is 20.2. The van der Waals surface area contributed by atoms with Crippen molar-refractivity contribution in [3.8, 4) is 17.0 Å². The number of rotatable bonds is 6. The highest BCUT2D eigenvalue weighted by Gasteiger charge is 2.15. The van der Waals surface area contributed by atoms with Gasteiger partial charge >= 0.3 is 0 Å². The fourth-order valence-electron chi connectivity index (χ4n) is 3.33. The summed E-state index contributed by atoms with van der Waals surface area (Å²) in [6.45, 7) is 2.30. The summed E-state index contributed by atoms with van der Waals surface area (Å²) in [4.78, 5) is 21.5. The summed E-state index contributed by atoms with van der Waals surface area (Å²) in [6.07, 6.45) is 1.79. The lowest BCUT2D eigenvalue weighted by molar-refractivity contribution is 0.102. The molecule has 0 saturated heterocycles. The Kier molecular flexibility index (Phi) is 5.65. The van der Waals surface area contributed by atoms with E-state index in [4.69, 9.17) is 4.74 Å². The first kappa shape index (κ1) is 21.2. The van der Waals surface area contributed by atoms with Crippen molar-refractivity contribution in [2.75, 3.05) is 5.32 Å². The predicted molar refractivity (Wildman–Crippen MR) is 125 cm³/mol. The van der Waals surface area contributed by atoms with Crippen molar-refractivity contribution in [2.24, 2.45) is 0 Å². The average molecular weight is 454 g/mol. The summed E-state index contributed by atoms with van der Waals surface area (Å²) in [7, 11) is 0. The van der Waals surface area contributed by atoms with Gasteiger partial charge in [0.1, 0.15) is 23.7 Å². The van der Waals surface area contributed by atoms with Crippen LogP contribution in [0.1, 0.15) is 21.6 Å². The molecule has 3 heterocycles. The molecule has 1 amide bonds. The van der Waals surface area contributed by atoms with Crippen LogP contribution in [0.4, 0.5) is 10.1 Å². The van der Waals surface area contributed by atoms with Crippen molar-refractivity contribution in [1.82, 2.24) is 25.4 Å². The first-order chi connectivity index (χ1) is 16.5. The van der Waals surface area contributed by atoms with Crippen molar-refractivity contribution in [3.05, 3.63) is 95.6 Å². The number of nitrogens with one attached hydrogen (secondary N) is 2. The molecule has 0 aliphatic rings. The number of carbonyl (C=O) groups is 1. The Bertz CT molecular complexity index is 1470. The molecule has 0 aliphatic heterocycles. The van der Waals surface area contributed by atoms with Gasteiger partial charge in [-0.1, -0.05) is 6.07 Å². The molecular weight excluding hydrogens is 435 g/mol. The first-order valence-electron chi connectivity index (χ1n) is 10.5. The molecule has 0 spiro atoms. The summed E-state index contributed by atoms with van der Waals surface area (Å²) in [5.41, 5.74) is 4.52. The lowest BCUT2D eigenvalue weighted by atomic mass is 10.1. The molecule has 8 nitrogen and oxygen atoms in total. The second kappa shape index (κ2) is 9.07. The van der Waals surface area contributed by atoms with Crippen molar-refractivity contribution in [2.45, 2.75) is 13.5 Å². The molecule has 5 rings (SSSR count). The van der Waals surface area contributed by atoms with Crippen molar-refractivity contribution in [3.63, 3.8) is 0 Å². The minimum absolute atomic E-state index is 0.0923. The highest BCUT2D eigenvalue weighted by Crippen LogP contribution is 2.23. The van der Waals surface area contributed by atoms with Crippen molar-refractivity contribution < 1.29 is 13.9 Å². The van der Waals surface area contributed by atoms with Gasteiger partial charge in [0.2, 0.25) is 5.65 Å². The Morgan fingerprint density at radius 2 is 1.88 bits per heavy atom. The van der Waals surface area contributed by atoms with Gasteiger partial charge in [-0.3, -0.25) is 9.78 Å².